The molecule has 1 aliphatic rings. The third-order valence-electron chi connectivity index (χ3n) is 3.58. The van der Waals surface area contributed by atoms with Crippen molar-refractivity contribution in [1.29, 1.82) is 0 Å². The molecular formula is C15H20N2O2. The highest BCUT2D eigenvalue weighted by molar-refractivity contribution is 5.82. The van der Waals surface area contributed by atoms with E-state index in [1.165, 1.54) is 0 Å². The van der Waals surface area contributed by atoms with Gasteiger partial charge in [0.1, 0.15) is 0 Å². The van der Waals surface area contributed by atoms with Gasteiger partial charge in [0.05, 0.1) is 0 Å². The van der Waals surface area contributed by atoms with Gasteiger partial charge in [0.15, 0.2) is 0 Å². The molecule has 1 fully saturated rings. The Morgan fingerprint density at radius 2 is 1.95 bits per heavy atom. The molecule has 1 aromatic rings. The Labute approximate surface area is 113 Å². The van der Waals surface area contributed by atoms with Gasteiger partial charge in [0.2, 0.25) is 11.8 Å². The van der Waals surface area contributed by atoms with Gasteiger partial charge in [-0.15, -0.1) is 0 Å². The number of nitrogens with two attached hydrogens (primary N) is 1. The molecule has 2 N–H and O–H groups in total. The molecule has 102 valence electrons. The van der Waals surface area contributed by atoms with E-state index in [1.54, 1.807) is 4.90 Å². The van der Waals surface area contributed by atoms with Crippen molar-refractivity contribution >= 4 is 11.8 Å². The predicted octanol–water partition coefficient (Wildman–Crippen LogP) is 1.55. The van der Waals surface area contributed by atoms with Crippen molar-refractivity contribution < 1.29 is 9.59 Å². The number of carbonyl (C=O) groups excluding carboxylic acids is 2. The number of rotatable bonds is 6. The number of carbonyl (C=O) groups is 2. The fraction of sp³-hybridized carbons (Fsp3) is 0.467. The van der Waals surface area contributed by atoms with Gasteiger partial charge in [0.25, 0.3) is 0 Å². The number of benzene rings is 1. The summed E-state index contributed by atoms with van der Waals surface area (Å²) in [4.78, 5) is 25.0. The highest BCUT2D eigenvalue weighted by atomic mass is 16.2. The summed E-state index contributed by atoms with van der Waals surface area (Å²) in [5.74, 6) is 0.392. The monoisotopic (exact) mass is 260 g/mol. The van der Waals surface area contributed by atoms with E-state index in [-0.39, 0.29) is 24.2 Å². The lowest BCUT2D eigenvalue weighted by Gasteiger charge is -2.22. The Kier molecular flexibility index (Phi) is 4.20. The molecule has 4 nitrogen and oxygen atoms in total. The molecule has 2 rings (SSSR count). The molecule has 0 bridgehead atoms. The van der Waals surface area contributed by atoms with Crippen LogP contribution in [-0.2, 0) is 16.1 Å². The lowest BCUT2D eigenvalue weighted by Crippen LogP contribution is -2.35. The molecule has 0 aliphatic heterocycles. The zero-order valence-electron chi connectivity index (χ0n) is 11.2. The average molecular weight is 260 g/mol. The van der Waals surface area contributed by atoms with Gasteiger partial charge in [-0.05, 0) is 17.9 Å². The molecule has 4 heteroatoms. The molecule has 1 saturated carbocycles. The van der Waals surface area contributed by atoms with Crippen molar-refractivity contribution in [3.63, 3.8) is 0 Å². The van der Waals surface area contributed by atoms with Crippen LogP contribution in [0.2, 0.25) is 0 Å². The summed E-state index contributed by atoms with van der Waals surface area (Å²) in [5, 5.41) is 0. The zero-order valence-corrected chi connectivity index (χ0v) is 11.2. The summed E-state index contributed by atoms with van der Waals surface area (Å²) < 4.78 is 0. The normalized spacial score (nSPS) is 20.9. The molecule has 1 aliphatic carbocycles. The van der Waals surface area contributed by atoms with Crippen LogP contribution in [0.1, 0.15) is 25.3 Å². The standard InChI is InChI=1S/C15H20N2O2/c1-11-9-13(11)15(19)17(8-7-14(16)18)10-12-5-3-2-4-6-12/h2-6,11,13H,7-10H2,1H3,(H2,16,18)/t11-,13-/m1/s1. The third kappa shape index (κ3) is 3.81. The van der Waals surface area contributed by atoms with Crippen molar-refractivity contribution in [2.45, 2.75) is 26.3 Å². The summed E-state index contributed by atoms with van der Waals surface area (Å²) in [6.07, 6.45) is 1.18. The number of primary amides is 1. The van der Waals surface area contributed by atoms with E-state index in [4.69, 9.17) is 5.73 Å². The molecule has 0 aromatic heterocycles. The maximum atomic E-state index is 12.3. The fourth-order valence-electron chi connectivity index (χ4n) is 2.22. The lowest BCUT2D eigenvalue weighted by atomic mass is 10.2. The van der Waals surface area contributed by atoms with Crippen molar-refractivity contribution in [1.82, 2.24) is 4.90 Å². The van der Waals surface area contributed by atoms with Gasteiger partial charge in [0, 0.05) is 25.4 Å². The van der Waals surface area contributed by atoms with Crippen LogP contribution in [-0.4, -0.2) is 23.3 Å². The summed E-state index contributed by atoms with van der Waals surface area (Å²) in [7, 11) is 0. The Morgan fingerprint density at radius 3 is 2.47 bits per heavy atom. The predicted molar refractivity (Wildman–Crippen MR) is 72.9 cm³/mol. The van der Waals surface area contributed by atoms with Gasteiger partial charge >= 0.3 is 0 Å². The molecule has 2 atom stereocenters. The second-order valence-electron chi connectivity index (χ2n) is 5.28. The molecule has 1 aromatic carbocycles. The Morgan fingerprint density at radius 1 is 1.32 bits per heavy atom. The molecular weight excluding hydrogens is 240 g/mol. The second-order valence-corrected chi connectivity index (χ2v) is 5.28. The molecule has 0 radical (unpaired) electrons. The van der Waals surface area contributed by atoms with Crippen LogP contribution in [0.5, 0.6) is 0 Å². The first kappa shape index (κ1) is 13.6. The lowest BCUT2D eigenvalue weighted by molar-refractivity contribution is -0.134. The Bertz CT molecular complexity index is 458. The minimum atomic E-state index is -0.366. The van der Waals surface area contributed by atoms with Crippen LogP contribution in [0.25, 0.3) is 0 Å². The molecule has 0 saturated heterocycles. The number of hydrogen-bond donors (Lipinski definition) is 1. The van der Waals surface area contributed by atoms with Gasteiger partial charge in [-0.1, -0.05) is 37.3 Å². The highest BCUT2D eigenvalue weighted by Gasteiger charge is 2.41. The maximum absolute atomic E-state index is 12.3. The number of nitrogens with zero attached hydrogens (tertiary/aromatic N) is 1. The minimum Gasteiger partial charge on any atom is -0.370 e. The smallest absolute Gasteiger partial charge is 0.226 e. The van der Waals surface area contributed by atoms with Gasteiger partial charge in [-0.25, -0.2) is 0 Å². The van der Waals surface area contributed by atoms with Crippen LogP contribution in [0.15, 0.2) is 30.3 Å². The zero-order chi connectivity index (χ0) is 13.8. The van der Waals surface area contributed by atoms with Crippen LogP contribution >= 0.6 is 0 Å². The summed E-state index contributed by atoms with van der Waals surface area (Å²) >= 11 is 0. The first-order chi connectivity index (χ1) is 9.08. The van der Waals surface area contributed by atoms with E-state index in [0.717, 1.165) is 12.0 Å². The van der Waals surface area contributed by atoms with Crippen LogP contribution in [0, 0.1) is 11.8 Å². The van der Waals surface area contributed by atoms with Crippen LogP contribution in [0.3, 0.4) is 0 Å². The number of amides is 2. The van der Waals surface area contributed by atoms with E-state index in [9.17, 15) is 9.59 Å². The van der Waals surface area contributed by atoms with Crippen molar-refractivity contribution in [2.75, 3.05) is 6.54 Å². The van der Waals surface area contributed by atoms with E-state index < -0.39 is 0 Å². The quantitative estimate of drug-likeness (QED) is 0.843. The van der Waals surface area contributed by atoms with E-state index in [1.807, 2.05) is 30.3 Å². The topological polar surface area (TPSA) is 63.4 Å². The van der Waals surface area contributed by atoms with Gasteiger partial charge in [-0.3, -0.25) is 9.59 Å². The highest BCUT2D eigenvalue weighted by Crippen LogP contribution is 2.39. The SMILES string of the molecule is C[C@@H]1C[C@H]1C(=O)N(CCC(N)=O)Cc1ccccc1. The van der Waals surface area contributed by atoms with Crippen LogP contribution < -0.4 is 5.73 Å². The molecule has 0 heterocycles. The van der Waals surface area contributed by atoms with E-state index in [2.05, 4.69) is 6.92 Å². The van der Waals surface area contributed by atoms with Crippen molar-refractivity contribution in [3.8, 4) is 0 Å². The summed E-state index contributed by atoms with van der Waals surface area (Å²) in [5.41, 5.74) is 6.25. The Hall–Kier alpha value is -1.84. The molecule has 0 spiro atoms. The van der Waals surface area contributed by atoms with E-state index >= 15 is 0 Å². The number of hydrogen-bond acceptors (Lipinski definition) is 2. The van der Waals surface area contributed by atoms with E-state index in [0.29, 0.717) is 19.0 Å². The fourth-order valence-corrected chi connectivity index (χ4v) is 2.22. The largest absolute Gasteiger partial charge is 0.370 e. The maximum Gasteiger partial charge on any atom is 0.226 e. The molecule has 19 heavy (non-hydrogen) atoms. The molecule has 2 amide bonds. The minimum absolute atomic E-state index is 0.136. The van der Waals surface area contributed by atoms with Crippen molar-refractivity contribution in [3.05, 3.63) is 35.9 Å². The Balaban J connectivity index is 2.01. The first-order valence-corrected chi connectivity index (χ1v) is 6.69. The van der Waals surface area contributed by atoms with Gasteiger partial charge in [-0.2, -0.15) is 0 Å². The first-order valence-electron chi connectivity index (χ1n) is 6.69. The second kappa shape index (κ2) is 5.87. The van der Waals surface area contributed by atoms with Gasteiger partial charge < -0.3 is 10.6 Å². The molecule has 0 unspecified atom stereocenters. The van der Waals surface area contributed by atoms with Crippen LogP contribution in [0.4, 0.5) is 0 Å². The summed E-state index contributed by atoms with van der Waals surface area (Å²) in [6.45, 7) is 3.04. The average Bonchev–Trinajstić information content (AvgIpc) is 3.12. The van der Waals surface area contributed by atoms with Crippen molar-refractivity contribution in [2.24, 2.45) is 17.6 Å². The third-order valence-corrected chi connectivity index (χ3v) is 3.58. The summed E-state index contributed by atoms with van der Waals surface area (Å²) in [6, 6.07) is 9.82.